The molecule has 2 heterocycles. The predicted molar refractivity (Wildman–Crippen MR) is 92.0 cm³/mol. The fourth-order valence-corrected chi connectivity index (χ4v) is 5.30. The third kappa shape index (κ3) is 3.34. The molecule has 0 bridgehead atoms. The number of nitrogens with one attached hydrogen (secondary N) is 1. The van der Waals surface area contributed by atoms with Gasteiger partial charge in [0.05, 0.1) is 4.90 Å². The van der Waals surface area contributed by atoms with Gasteiger partial charge in [0, 0.05) is 25.7 Å². The van der Waals surface area contributed by atoms with Gasteiger partial charge in [-0.25, -0.2) is 8.42 Å². The number of likely N-dealkylation sites (N-methyl/N-ethyl adjacent to an activating group) is 1. The van der Waals surface area contributed by atoms with Gasteiger partial charge >= 0.3 is 0 Å². The molecule has 2 aliphatic heterocycles. The van der Waals surface area contributed by atoms with Crippen LogP contribution in [0.2, 0.25) is 0 Å². The minimum Gasteiger partial charge on any atom is -0.340 e. The first-order valence-corrected chi connectivity index (χ1v) is 10.0. The Morgan fingerprint density at radius 1 is 1.12 bits per heavy atom. The Kier molecular flexibility index (Phi) is 5.22. The summed E-state index contributed by atoms with van der Waals surface area (Å²) in [5.41, 5.74) is 0. The highest BCUT2D eigenvalue weighted by Crippen LogP contribution is 2.28. The maximum atomic E-state index is 12.9. The van der Waals surface area contributed by atoms with E-state index in [2.05, 4.69) is 5.32 Å². The Bertz CT molecular complexity index is 678. The molecule has 0 aliphatic carbocycles. The summed E-state index contributed by atoms with van der Waals surface area (Å²) in [7, 11) is -1.72. The van der Waals surface area contributed by atoms with Gasteiger partial charge in [0.2, 0.25) is 15.9 Å². The number of amides is 1. The van der Waals surface area contributed by atoms with E-state index >= 15 is 0 Å². The van der Waals surface area contributed by atoms with Crippen LogP contribution in [0.3, 0.4) is 0 Å². The predicted octanol–water partition coefficient (Wildman–Crippen LogP) is 1.05. The molecule has 0 radical (unpaired) electrons. The van der Waals surface area contributed by atoms with Crippen molar-refractivity contribution in [3.8, 4) is 0 Å². The molecule has 1 aromatic rings. The quantitative estimate of drug-likeness (QED) is 0.880. The van der Waals surface area contributed by atoms with Gasteiger partial charge in [-0.05, 0) is 44.9 Å². The highest BCUT2D eigenvalue weighted by Gasteiger charge is 2.41. The fraction of sp³-hybridized carbons (Fsp3) is 0.588. The van der Waals surface area contributed by atoms with Crippen LogP contribution in [0, 0.1) is 0 Å². The van der Waals surface area contributed by atoms with Gasteiger partial charge in [-0.2, -0.15) is 4.31 Å². The van der Waals surface area contributed by atoms with Crippen molar-refractivity contribution < 1.29 is 13.2 Å². The van der Waals surface area contributed by atoms with Crippen LogP contribution in [0.25, 0.3) is 0 Å². The molecule has 1 amide bonds. The summed E-state index contributed by atoms with van der Waals surface area (Å²) in [5.74, 6) is -0.0491. The van der Waals surface area contributed by atoms with E-state index in [1.165, 1.54) is 4.31 Å². The standard InChI is InChI=1S/C17H25N3O3S/c1-18-14-7-5-11-19(13-14)17(21)16-10-6-12-20(16)24(22,23)15-8-3-2-4-9-15/h2-4,8-9,14,16,18H,5-7,10-13H2,1H3. The van der Waals surface area contributed by atoms with Crippen molar-refractivity contribution in [3.63, 3.8) is 0 Å². The summed E-state index contributed by atoms with van der Waals surface area (Å²) in [6.45, 7) is 1.79. The molecule has 7 heteroatoms. The van der Waals surface area contributed by atoms with E-state index in [9.17, 15) is 13.2 Å². The first-order chi connectivity index (χ1) is 11.5. The van der Waals surface area contributed by atoms with Gasteiger partial charge in [-0.15, -0.1) is 0 Å². The molecule has 2 aliphatic rings. The number of benzene rings is 1. The molecule has 2 unspecified atom stereocenters. The highest BCUT2D eigenvalue weighted by molar-refractivity contribution is 7.89. The average Bonchev–Trinajstić information content (AvgIpc) is 3.12. The smallest absolute Gasteiger partial charge is 0.243 e. The first-order valence-electron chi connectivity index (χ1n) is 8.57. The van der Waals surface area contributed by atoms with Crippen LogP contribution >= 0.6 is 0 Å². The monoisotopic (exact) mass is 351 g/mol. The van der Waals surface area contributed by atoms with Crippen molar-refractivity contribution >= 4 is 15.9 Å². The van der Waals surface area contributed by atoms with E-state index in [0.29, 0.717) is 32.1 Å². The molecule has 6 nitrogen and oxygen atoms in total. The second kappa shape index (κ2) is 7.21. The minimum atomic E-state index is -3.62. The third-order valence-electron chi connectivity index (χ3n) is 4.98. The van der Waals surface area contributed by atoms with Crippen LogP contribution in [-0.2, 0) is 14.8 Å². The molecule has 0 saturated carbocycles. The van der Waals surface area contributed by atoms with E-state index in [-0.39, 0.29) is 10.8 Å². The molecular weight excluding hydrogens is 326 g/mol. The Morgan fingerprint density at radius 3 is 2.54 bits per heavy atom. The average molecular weight is 351 g/mol. The Hall–Kier alpha value is -1.44. The van der Waals surface area contributed by atoms with E-state index in [4.69, 9.17) is 0 Å². The lowest BCUT2D eigenvalue weighted by Crippen LogP contribution is -2.53. The molecule has 1 aromatic carbocycles. The zero-order valence-electron chi connectivity index (χ0n) is 14.0. The normalized spacial score (nSPS) is 25.8. The Labute approximate surface area is 143 Å². The summed E-state index contributed by atoms with van der Waals surface area (Å²) < 4.78 is 27.2. The van der Waals surface area contributed by atoms with E-state index in [0.717, 1.165) is 19.3 Å². The second-order valence-corrected chi connectivity index (χ2v) is 8.39. The number of nitrogens with zero attached hydrogens (tertiary/aromatic N) is 2. The summed E-state index contributed by atoms with van der Waals surface area (Å²) in [5, 5.41) is 3.22. The van der Waals surface area contributed by atoms with Crippen LogP contribution in [0.1, 0.15) is 25.7 Å². The van der Waals surface area contributed by atoms with Gasteiger partial charge in [-0.1, -0.05) is 18.2 Å². The number of rotatable bonds is 4. The van der Waals surface area contributed by atoms with Crippen LogP contribution in [0.15, 0.2) is 35.2 Å². The molecular formula is C17H25N3O3S. The van der Waals surface area contributed by atoms with E-state index < -0.39 is 16.1 Å². The zero-order chi connectivity index (χ0) is 17.2. The SMILES string of the molecule is CNC1CCCN(C(=O)C2CCCN2S(=O)(=O)c2ccccc2)C1. The van der Waals surface area contributed by atoms with Crippen LogP contribution in [-0.4, -0.2) is 62.3 Å². The molecule has 0 aromatic heterocycles. The zero-order valence-corrected chi connectivity index (χ0v) is 14.8. The lowest BCUT2D eigenvalue weighted by Gasteiger charge is -2.35. The molecule has 2 saturated heterocycles. The van der Waals surface area contributed by atoms with Gasteiger partial charge in [-0.3, -0.25) is 4.79 Å². The van der Waals surface area contributed by atoms with Crippen molar-refractivity contribution in [1.82, 2.24) is 14.5 Å². The van der Waals surface area contributed by atoms with Crippen molar-refractivity contribution in [2.75, 3.05) is 26.7 Å². The number of piperidine rings is 1. The molecule has 132 valence electrons. The number of likely N-dealkylation sites (tertiary alicyclic amines) is 1. The lowest BCUT2D eigenvalue weighted by atomic mass is 10.0. The molecule has 0 spiro atoms. The van der Waals surface area contributed by atoms with Gasteiger partial charge < -0.3 is 10.2 Å². The lowest BCUT2D eigenvalue weighted by molar-refractivity contribution is -0.136. The molecule has 24 heavy (non-hydrogen) atoms. The maximum absolute atomic E-state index is 12.9. The van der Waals surface area contributed by atoms with Crippen LogP contribution in [0.4, 0.5) is 0 Å². The Balaban J connectivity index is 1.79. The summed E-state index contributed by atoms with van der Waals surface area (Å²) in [6.07, 6.45) is 3.34. The number of hydrogen-bond donors (Lipinski definition) is 1. The van der Waals surface area contributed by atoms with Crippen molar-refractivity contribution in [1.29, 1.82) is 0 Å². The number of hydrogen-bond acceptors (Lipinski definition) is 4. The van der Waals surface area contributed by atoms with Crippen LogP contribution in [0.5, 0.6) is 0 Å². The summed E-state index contributed by atoms with van der Waals surface area (Å²) in [4.78, 5) is 15.0. The molecule has 3 rings (SSSR count). The number of carbonyl (C=O) groups is 1. The van der Waals surface area contributed by atoms with Gasteiger partial charge in [0.1, 0.15) is 6.04 Å². The summed E-state index contributed by atoms with van der Waals surface area (Å²) >= 11 is 0. The van der Waals surface area contributed by atoms with E-state index in [1.54, 1.807) is 30.3 Å². The summed E-state index contributed by atoms with van der Waals surface area (Å²) in [6, 6.07) is 8.12. The maximum Gasteiger partial charge on any atom is 0.243 e. The van der Waals surface area contributed by atoms with Crippen molar-refractivity contribution in [2.24, 2.45) is 0 Å². The fourth-order valence-electron chi connectivity index (χ4n) is 3.63. The second-order valence-electron chi connectivity index (χ2n) is 6.50. The number of carbonyl (C=O) groups excluding carboxylic acids is 1. The van der Waals surface area contributed by atoms with Crippen LogP contribution < -0.4 is 5.32 Å². The molecule has 2 atom stereocenters. The Morgan fingerprint density at radius 2 is 1.83 bits per heavy atom. The van der Waals surface area contributed by atoms with Gasteiger partial charge in [0.15, 0.2) is 0 Å². The van der Waals surface area contributed by atoms with Gasteiger partial charge in [0.25, 0.3) is 0 Å². The minimum absolute atomic E-state index is 0.0491. The number of sulfonamides is 1. The topological polar surface area (TPSA) is 69.7 Å². The molecule has 2 fully saturated rings. The van der Waals surface area contributed by atoms with Crippen molar-refractivity contribution in [2.45, 2.75) is 42.7 Å². The first kappa shape index (κ1) is 17.4. The largest absolute Gasteiger partial charge is 0.340 e. The third-order valence-corrected chi connectivity index (χ3v) is 6.90. The highest BCUT2D eigenvalue weighted by atomic mass is 32.2. The van der Waals surface area contributed by atoms with Crippen molar-refractivity contribution in [3.05, 3.63) is 30.3 Å². The van der Waals surface area contributed by atoms with E-state index in [1.807, 2.05) is 11.9 Å². The molecule has 1 N–H and O–H groups in total.